The van der Waals surface area contributed by atoms with Crippen LogP contribution in [0.3, 0.4) is 0 Å². The van der Waals surface area contributed by atoms with E-state index in [0.29, 0.717) is 0 Å². The van der Waals surface area contributed by atoms with Crippen LogP contribution in [0.2, 0.25) is 0 Å². The van der Waals surface area contributed by atoms with Gasteiger partial charge in [0.1, 0.15) is 0 Å². The summed E-state index contributed by atoms with van der Waals surface area (Å²) in [5, 5.41) is 0. The van der Waals surface area contributed by atoms with Crippen LogP contribution in [-0.4, -0.2) is 24.7 Å². The number of rotatable bonds is 0. The van der Waals surface area contributed by atoms with Crippen molar-refractivity contribution in [1.29, 1.82) is 0 Å². The van der Waals surface area contributed by atoms with E-state index in [9.17, 15) is 0 Å². The van der Waals surface area contributed by atoms with E-state index in [1.165, 1.54) is 16.2 Å². The van der Waals surface area contributed by atoms with Crippen molar-refractivity contribution in [3.63, 3.8) is 0 Å². The van der Waals surface area contributed by atoms with Gasteiger partial charge in [-0.15, -0.1) is 0 Å². The molecule has 0 aromatic carbocycles. The SMILES string of the molecule is [O]=[BiH].[O]=[Cr].[O]=[Ti]=[O]. The molecule has 0 aromatic rings. The second kappa shape index (κ2) is 54.1. The third-order valence-electron chi connectivity index (χ3n) is 0. The van der Waals surface area contributed by atoms with Crippen molar-refractivity contribution in [1.82, 2.24) is 0 Å². The molecule has 0 unspecified atom stereocenters. The zero-order chi connectivity index (χ0) is 6.71. The van der Waals surface area contributed by atoms with Crippen LogP contribution in [0.1, 0.15) is 0 Å². The third kappa shape index (κ3) is 118. The van der Waals surface area contributed by atoms with Crippen molar-refractivity contribution in [2.45, 2.75) is 0 Å². The van der Waals surface area contributed by atoms with Crippen LogP contribution in [0, 0.1) is 0 Å². The second-order valence-electron chi connectivity index (χ2n) is 0.0833. The molecule has 0 aliphatic rings. The van der Waals surface area contributed by atoms with Crippen LogP contribution in [-0.2, 0) is 48.6 Å². The minimum absolute atomic E-state index is 0.0556. The Hall–Kier alpha value is 1.33. The van der Waals surface area contributed by atoms with Gasteiger partial charge in [0.15, 0.2) is 0 Å². The summed E-state index contributed by atoms with van der Waals surface area (Å²) in [6.45, 7) is 0. The van der Waals surface area contributed by atoms with E-state index < -0.39 is 19.1 Å². The molecular formula is HBiCrO4Ti. The molecule has 0 saturated carbocycles. The van der Waals surface area contributed by atoms with E-state index in [2.05, 4.69) is 0 Å². The summed E-state index contributed by atoms with van der Waals surface area (Å²) in [6, 6.07) is 0. The Kier molecular flexibility index (Phi) is 122. The molecule has 40 valence electrons. The maximum atomic E-state index is 8.50. The molecule has 4 nitrogen and oxygen atoms in total. The molecule has 0 aliphatic carbocycles. The van der Waals surface area contributed by atoms with E-state index in [4.69, 9.17) is 13.3 Å². The van der Waals surface area contributed by atoms with Gasteiger partial charge in [0, 0.05) is 0 Å². The zero-order valence-corrected chi connectivity index (χ0v) is 9.77. The van der Waals surface area contributed by atoms with E-state index in [0.717, 1.165) is 0 Å². The standard InChI is InChI=1S/Bi.Cr.4O.Ti.H. The first-order valence-corrected chi connectivity index (χ1v) is 4.16. The van der Waals surface area contributed by atoms with Crippen LogP contribution in [0.15, 0.2) is 0 Å². The monoisotopic (exact) mass is 374 g/mol. The van der Waals surface area contributed by atoms with Crippen LogP contribution in [0.5, 0.6) is 0 Å². The molecule has 0 amide bonds. The number of hydrogen-bond acceptors (Lipinski definition) is 4. The van der Waals surface area contributed by atoms with E-state index in [1.807, 2.05) is 0 Å². The third-order valence-corrected chi connectivity index (χ3v) is 0. The minimum atomic E-state index is -2.00. The summed E-state index contributed by atoms with van der Waals surface area (Å²) in [6.07, 6.45) is 0. The van der Waals surface area contributed by atoms with Gasteiger partial charge in [-0.1, -0.05) is 0 Å². The van der Waals surface area contributed by atoms with Gasteiger partial charge in [0.25, 0.3) is 0 Å². The second-order valence-corrected chi connectivity index (χ2v) is 0.344. The molecule has 7 heteroatoms. The van der Waals surface area contributed by atoms with Gasteiger partial charge >= 0.3 is 73.3 Å². The van der Waals surface area contributed by atoms with Crippen LogP contribution in [0.4, 0.5) is 0 Å². The predicted octanol–water partition coefficient (Wildman–Crippen LogP) is -1.13. The first-order chi connectivity index (χ1) is 3.41. The summed E-state index contributed by atoms with van der Waals surface area (Å²) in [7, 11) is 0. The Morgan fingerprint density at radius 2 is 1.14 bits per heavy atom. The summed E-state index contributed by atoms with van der Waals surface area (Å²) in [5.41, 5.74) is 0. The van der Waals surface area contributed by atoms with Gasteiger partial charge in [0.05, 0.1) is 0 Å². The van der Waals surface area contributed by atoms with Crippen molar-refractivity contribution < 1.29 is 48.6 Å². The average Bonchev–Trinajstić information content (AvgIpc) is 1.78. The fourth-order valence-electron chi connectivity index (χ4n) is 0. The van der Waals surface area contributed by atoms with E-state index in [1.54, 1.807) is 0 Å². The Morgan fingerprint density at radius 3 is 1.14 bits per heavy atom. The van der Waals surface area contributed by atoms with Crippen molar-refractivity contribution in [3.05, 3.63) is 0 Å². The van der Waals surface area contributed by atoms with Crippen molar-refractivity contribution in [2.75, 3.05) is 0 Å². The van der Waals surface area contributed by atoms with Gasteiger partial charge in [0.2, 0.25) is 0 Å². The van der Waals surface area contributed by atoms with Gasteiger partial charge in [-0.2, -0.15) is 0 Å². The van der Waals surface area contributed by atoms with Crippen LogP contribution < -0.4 is 0 Å². The Morgan fingerprint density at radius 1 is 1.14 bits per heavy atom. The molecule has 7 heavy (non-hydrogen) atoms. The summed E-state index contributed by atoms with van der Waals surface area (Å²) < 4.78 is 33.5. The molecule has 0 rings (SSSR count). The zero-order valence-electron chi connectivity index (χ0n) is 3.04. The molecule has 0 aliphatic heterocycles. The molecule has 0 bridgehead atoms. The predicted molar refractivity (Wildman–Crippen MR) is 9.89 cm³/mol. The summed E-state index contributed by atoms with van der Waals surface area (Å²) >= 11 is -0.569. The van der Waals surface area contributed by atoms with Crippen molar-refractivity contribution >= 4 is 24.7 Å². The normalized spacial score (nSPS) is 2.29. The first-order valence-electron chi connectivity index (χ1n) is 0.779. The molecular weight excluding hydrogens is 373 g/mol. The van der Waals surface area contributed by atoms with Gasteiger partial charge < -0.3 is 0 Å². The summed E-state index contributed by atoms with van der Waals surface area (Å²) in [4.78, 5) is 0. The topological polar surface area (TPSA) is 68.3 Å². The fourth-order valence-corrected chi connectivity index (χ4v) is 0. The van der Waals surface area contributed by atoms with Gasteiger partial charge in [-0.05, 0) is 0 Å². The van der Waals surface area contributed by atoms with Gasteiger partial charge in [-0.3, -0.25) is 0 Å². The molecule has 0 aromatic heterocycles. The molecule has 0 spiro atoms. The number of hydrogen-bond donors (Lipinski definition) is 0. The molecule has 0 radical (unpaired) electrons. The molecule has 0 N–H and O–H groups in total. The van der Waals surface area contributed by atoms with Crippen LogP contribution in [0.25, 0.3) is 0 Å². The summed E-state index contributed by atoms with van der Waals surface area (Å²) in [5.74, 6) is 0. The average molecular weight is 374 g/mol. The van der Waals surface area contributed by atoms with Crippen molar-refractivity contribution in [3.8, 4) is 0 Å². The fraction of sp³-hybridized carbons (Fsp3) is 0. The Labute approximate surface area is 72.5 Å². The Bertz CT molecular complexity index is 47.7. The quantitative estimate of drug-likeness (QED) is 0.504. The van der Waals surface area contributed by atoms with Crippen molar-refractivity contribution in [2.24, 2.45) is 0 Å². The molecule has 0 atom stereocenters. The van der Waals surface area contributed by atoms with Gasteiger partial charge in [-0.25, -0.2) is 0 Å². The van der Waals surface area contributed by atoms with Crippen LogP contribution >= 0.6 is 0 Å². The van der Waals surface area contributed by atoms with E-state index >= 15 is 0 Å². The molecule has 0 fully saturated rings. The first kappa shape index (κ1) is 15.8. The Balaban J connectivity index is -0.0000000360. The maximum absolute atomic E-state index is 8.50. The van der Waals surface area contributed by atoms with E-state index in [-0.39, 0.29) is 24.7 Å². The molecule has 0 saturated heterocycles. The molecule has 0 heterocycles.